The highest BCUT2D eigenvalue weighted by Gasteiger charge is 2.07. The molecule has 0 aromatic rings. The fourth-order valence-electron chi connectivity index (χ4n) is 1.10. The second-order valence-electron chi connectivity index (χ2n) is 3.89. The highest BCUT2D eigenvalue weighted by molar-refractivity contribution is 4.66. The molecule has 0 rings (SSSR count). The van der Waals surface area contributed by atoms with Crippen LogP contribution in [0.15, 0.2) is 0 Å². The van der Waals surface area contributed by atoms with Gasteiger partial charge in [-0.3, -0.25) is 0 Å². The zero-order valence-corrected chi connectivity index (χ0v) is 9.22. The zero-order valence-electron chi connectivity index (χ0n) is 9.22. The van der Waals surface area contributed by atoms with Crippen LogP contribution in [0, 0.1) is 0 Å². The molecule has 0 fully saturated rings. The summed E-state index contributed by atoms with van der Waals surface area (Å²) in [6.45, 7) is 11.2. The molecule has 0 aliphatic carbocycles. The van der Waals surface area contributed by atoms with Gasteiger partial charge in [-0.15, -0.1) is 0 Å². The average Bonchev–Trinajstić information content (AvgIpc) is 2.00. The molecule has 0 spiro atoms. The Balaban J connectivity index is 3.47. The van der Waals surface area contributed by atoms with E-state index in [1.807, 2.05) is 0 Å². The smallest absolute Gasteiger partial charge is 0.0166 e. The van der Waals surface area contributed by atoms with Gasteiger partial charge in [0.05, 0.1) is 0 Å². The van der Waals surface area contributed by atoms with Gasteiger partial charge in [0, 0.05) is 18.6 Å². The van der Waals surface area contributed by atoms with Gasteiger partial charge in [-0.1, -0.05) is 6.92 Å². The number of hydrogen-bond donors (Lipinski definition) is 1. The molecular formula is C10H24N2. The Hall–Kier alpha value is -0.0800. The highest BCUT2D eigenvalue weighted by Crippen LogP contribution is 1.95. The van der Waals surface area contributed by atoms with Gasteiger partial charge in [-0.05, 0) is 40.8 Å². The van der Waals surface area contributed by atoms with Crippen LogP contribution in [0.1, 0.15) is 34.1 Å². The monoisotopic (exact) mass is 172 g/mol. The minimum atomic E-state index is 0.609. The number of rotatable bonds is 6. The maximum Gasteiger partial charge on any atom is 0.0166 e. The number of nitrogens with zero attached hydrogens (tertiary/aromatic N) is 1. The van der Waals surface area contributed by atoms with Crippen molar-refractivity contribution in [2.75, 3.05) is 20.1 Å². The Labute approximate surface area is 77.3 Å². The third kappa shape index (κ3) is 5.56. The summed E-state index contributed by atoms with van der Waals surface area (Å²) in [5.41, 5.74) is 0. The molecule has 2 nitrogen and oxygen atoms in total. The topological polar surface area (TPSA) is 15.3 Å². The predicted molar refractivity (Wildman–Crippen MR) is 55.5 cm³/mol. The van der Waals surface area contributed by atoms with Crippen LogP contribution >= 0.6 is 0 Å². The second kappa shape index (κ2) is 6.44. The first-order valence-electron chi connectivity index (χ1n) is 5.01. The lowest BCUT2D eigenvalue weighted by molar-refractivity contribution is 0.247. The predicted octanol–water partition coefficient (Wildman–Crippen LogP) is 1.71. The van der Waals surface area contributed by atoms with Crippen LogP contribution in [-0.4, -0.2) is 37.1 Å². The Morgan fingerprint density at radius 3 is 2.25 bits per heavy atom. The molecule has 0 heterocycles. The largest absolute Gasteiger partial charge is 0.313 e. The third-order valence-corrected chi connectivity index (χ3v) is 2.19. The van der Waals surface area contributed by atoms with Crippen LogP contribution < -0.4 is 5.32 Å². The molecule has 0 aliphatic rings. The van der Waals surface area contributed by atoms with E-state index < -0.39 is 0 Å². The number of likely N-dealkylation sites (N-methyl/N-ethyl adjacent to an activating group) is 1. The van der Waals surface area contributed by atoms with E-state index in [9.17, 15) is 0 Å². The second-order valence-corrected chi connectivity index (χ2v) is 3.89. The van der Waals surface area contributed by atoms with Crippen LogP contribution in [0.4, 0.5) is 0 Å². The van der Waals surface area contributed by atoms with Gasteiger partial charge in [0.25, 0.3) is 0 Å². The van der Waals surface area contributed by atoms with Crippen LogP contribution in [-0.2, 0) is 0 Å². The minimum absolute atomic E-state index is 0.609. The molecule has 12 heavy (non-hydrogen) atoms. The van der Waals surface area contributed by atoms with Gasteiger partial charge in [0.1, 0.15) is 0 Å². The maximum absolute atomic E-state index is 3.48. The Morgan fingerprint density at radius 1 is 1.25 bits per heavy atom. The highest BCUT2D eigenvalue weighted by atomic mass is 15.1. The molecule has 0 aromatic carbocycles. The molecule has 0 saturated carbocycles. The van der Waals surface area contributed by atoms with Crippen LogP contribution in [0.5, 0.6) is 0 Å². The molecular weight excluding hydrogens is 148 g/mol. The molecule has 0 amide bonds. The summed E-state index contributed by atoms with van der Waals surface area (Å²) < 4.78 is 0. The van der Waals surface area contributed by atoms with Crippen molar-refractivity contribution >= 4 is 0 Å². The maximum atomic E-state index is 3.48. The van der Waals surface area contributed by atoms with Gasteiger partial charge >= 0.3 is 0 Å². The van der Waals surface area contributed by atoms with E-state index in [0.717, 1.165) is 13.1 Å². The van der Waals surface area contributed by atoms with Crippen molar-refractivity contribution in [2.24, 2.45) is 0 Å². The summed E-state index contributed by atoms with van der Waals surface area (Å²) in [7, 11) is 2.18. The Morgan fingerprint density at radius 2 is 1.83 bits per heavy atom. The van der Waals surface area contributed by atoms with Gasteiger partial charge in [-0.25, -0.2) is 0 Å². The van der Waals surface area contributed by atoms with E-state index in [1.165, 1.54) is 6.42 Å². The summed E-state index contributed by atoms with van der Waals surface area (Å²) in [4.78, 5) is 2.37. The number of hydrogen-bond acceptors (Lipinski definition) is 2. The molecule has 0 aliphatic heterocycles. The lowest BCUT2D eigenvalue weighted by atomic mass is 10.2. The minimum Gasteiger partial charge on any atom is -0.313 e. The average molecular weight is 172 g/mol. The van der Waals surface area contributed by atoms with Crippen molar-refractivity contribution in [1.82, 2.24) is 10.2 Å². The van der Waals surface area contributed by atoms with Gasteiger partial charge < -0.3 is 10.2 Å². The van der Waals surface area contributed by atoms with Gasteiger partial charge in [0.15, 0.2) is 0 Å². The first kappa shape index (κ1) is 11.9. The molecule has 2 heteroatoms. The quantitative estimate of drug-likeness (QED) is 0.656. The summed E-state index contributed by atoms with van der Waals surface area (Å²) in [6, 6.07) is 1.26. The fraction of sp³-hybridized carbons (Fsp3) is 1.00. The normalized spacial score (nSPS) is 14.2. The van der Waals surface area contributed by atoms with E-state index in [2.05, 4.69) is 45.0 Å². The zero-order chi connectivity index (χ0) is 9.56. The van der Waals surface area contributed by atoms with Crippen LogP contribution in [0.2, 0.25) is 0 Å². The molecule has 0 bridgehead atoms. The third-order valence-electron chi connectivity index (χ3n) is 2.19. The fourth-order valence-corrected chi connectivity index (χ4v) is 1.10. The van der Waals surface area contributed by atoms with E-state index in [4.69, 9.17) is 0 Å². The molecule has 1 atom stereocenters. The van der Waals surface area contributed by atoms with Gasteiger partial charge in [-0.2, -0.15) is 0 Å². The Bertz CT molecular complexity index is 102. The van der Waals surface area contributed by atoms with Crippen molar-refractivity contribution in [3.63, 3.8) is 0 Å². The van der Waals surface area contributed by atoms with Crippen molar-refractivity contribution in [3.8, 4) is 0 Å². The standard InChI is InChI=1S/C10H24N2/c1-6-7-11-10(4)8-12(5)9(2)3/h9-11H,6-8H2,1-5H3. The summed E-state index contributed by atoms with van der Waals surface area (Å²) >= 11 is 0. The van der Waals surface area contributed by atoms with E-state index in [0.29, 0.717) is 12.1 Å². The van der Waals surface area contributed by atoms with Crippen molar-refractivity contribution in [2.45, 2.75) is 46.2 Å². The summed E-state index contributed by atoms with van der Waals surface area (Å²) in [6.07, 6.45) is 1.22. The molecule has 1 N–H and O–H groups in total. The summed E-state index contributed by atoms with van der Waals surface area (Å²) in [5, 5.41) is 3.48. The van der Waals surface area contributed by atoms with E-state index in [1.54, 1.807) is 0 Å². The first-order chi connectivity index (χ1) is 5.57. The van der Waals surface area contributed by atoms with E-state index in [-0.39, 0.29) is 0 Å². The molecule has 74 valence electrons. The van der Waals surface area contributed by atoms with Gasteiger partial charge in [0.2, 0.25) is 0 Å². The Kier molecular flexibility index (Phi) is 6.39. The molecule has 0 radical (unpaired) electrons. The molecule has 1 unspecified atom stereocenters. The lowest BCUT2D eigenvalue weighted by Crippen LogP contribution is -2.40. The van der Waals surface area contributed by atoms with Crippen LogP contribution in [0.3, 0.4) is 0 Å². The van der Waals surface area contributed by atoms with Crippen molar-refractivity contribution in [1.29, 1.82) is 0 Å². The summed E-state index contributed by atoms with van der Waals surface area (Å²) in [5.74, 6) is 0. The van der Waals surface area contributed by atoms with Crippen molar-refractivity contribution in [3.05, 3.63) is 0 Å². The van der Waals surface area contributed by atoms with E-state index >= 15 is 0 Å². The first-order valence-corrected chi connectivity index (χ1v) is 5.01. The molecule has 0 saturated heterocycles. The molecule has 0 aromatic heterocycles. The lowest BCUT2D eigenvalue weighted by Gasteiger charge is -2.25. The SMILES string of the molecule is CCCNC(C)CN(C)C(C)C. The van der Waals surface area contributed by atoms with Crippen molar-refractivity contribution < 1.29 is 0 Å². The van der Waals surface area contributed by atoms with Crippen LogP contribution in [0.25, 0.3) is 0 Å². The number of nitrogens with one attached hydrogen (secondary N) is 1.